The summed E-state index contributed by atoms with van der Waals surface area (Å²) in [6, 6.07) is 5.19. The molecular weight excluding hydrogens is 294 g/mol. The molecule has 1 aliphatic carbocycles. The molecule has 1 saturated carbocycles. The van der Waals surface area contributed by atoms with Crippen molar-refractivity contribution in [1.29, 1.82) is 0 Å². The summed E-state index contributed by atoms with van der Waals surface area (Å²) in [5, 5.41) is 11.7. The molecule has 126 valence electrons. The Morgan fingerprint density at radius 1 is 1.22 bits per heavy atom. The molecule has 0 radical (unpaired) electrons. The van der Waals surface area contributed by atoms with Gasteiger partial charge in [0, 0.05) is 11.1 Å². The SMILES string of the molecule is Cc1cc(OCC(=O)O)ccc1NC(=O)C1(C)CCCCCC1. The number of ether oxygens (including phenoxy) is 1. The number of rotatable bonds is 5. The van der Waals surface area contributed by atoms with Gasteiger partial charge in [-0.15, -0.1) is 0 Å². The number of amides is 1. The Kier molecular flexibility index (Phi) is 5.64. The Morgan fingerprint density at radius 2 is 1.87 bits per heavy atom. The summed E-state index contributed by atoms with van der Waals surface area (Å²) < 4.78 is 5.15. The third kappa shape index (κ3) is 4.71. The summed E-state index contributed by atoms with van der Waals surface area (Å²) in [6.45, 7) is 3.55. The number of hydrogen-bond acceptors (Lipinski definition) is 3. The lowest BCUT2D eigenvalue weighted by atomic mass is 9.81. The average Bonchev–Trinajstić information content (AvgIpc) is 2.73. The first-order valence-electron chi connectivity index (χ1n) is 8.17. The molecule has 1 aliphatic rings. The lowest BCUT2D eigenvalue weighted by Gasteiger charge is -2.27. The average molecular weight is 319 g/mol. The molecule has 1 aromatic rings. The van der Waals surface area contributed by atoms with Crippen LogP contribution < -0.4 is 10.1 Å². The normalized spacial score (nSPS) is 17.1. The van der Waals surface area contributed by atoms with Gasteiger partial charge in [0.1, 0.15) is 5.75 Å². The predicted octanol–water partition coefficient (Wildman–Crippen LogP) is 3.76. The maximum Gasteiger partial charge on any atom is 0.341 e. The van der Waals surface area contributed by atoms with Crippen LogP contribution >= 0.6 is 0 Å². The standard InChI is InChI=1S/C18H25NO4/c1-13-11-14(23-12-16(20)21)7-8-15(13)19-17(22)18(2)9-5-3-4-6-10-18/h7-8,11H,3-6,9-10,12H2,1-2H3,(H,19,22)(H,20,21). The molecule has 0 bridgehead atoms. The maximum absolute atomic E-state index is 12.7. The van der Waals surface area contributed by atoms with E-state index in [1.807, 2.05) is 13.8 Å². The topological polar surface area (TPSA) is 75.6 Å². The monoisotopic (exact) mass is 319 g/mol. The number of carbonyl (C=O) groups is 2. The van der Waals surface area contributed by atoms with Gasteiger partial charge in [-0.3, -0.25) is 4.79 Å². The van der Waals surface area contributed by atoms with E-state index < -0.39 is 5.97 Å². The van der Waals surface area contributed by atoms with Crippen LogP contribution in [0.3, 0.4) is 0 Å². The van der Waals surface area contributed by atoms with Crippen LogP contribution in [0.15, 0.2) is 18.2 Å². The van der Waals surface area contributed by atoms with E-state index in [4.69, 9.17) is 9.84 Å². The molecule has 5 heteroatoms. The molecule has 0 heterocycles. The van der Waals surface area contributed by atoms with Gasteiger partial charge in [0.05, 0.1) is 0 Å². The number of aliphatic carboxylic acids is 1. The van der Waals surface area contributed by atoms with Gasteiger partial charge in [-0.1, -0.05) is 32.6 Å². The van der Waals surface area contributed by atoms with Gasteiger partial charge in [-0.2, -0.15) is 0 Å². The van der Waals surface area contributed by atoms with E-state index in [1.165, 1.54) is 12.8 Å². The first kappa shape index (κ1) is 17.3. The van der Waals surface area contributed by atoms with Crippen LogP contribution in [0.5, 0.6) is 5.75 Å². The molecule has 1 amide bonds. The second kappa shape index (κ2) is 7.49. The summed E-state index contributed by atoms with van der Waals surface area (Å²) in [7, 11) is 0. The van der Waals surface area contributed by atoms with Gasteiger partial charge >= 0.3 is 5.97 Å². The molecule has 1 aromatic carbocycles. The van der Waals surface area contributed by atoms with Gasteiger partial charge in [0.2, 0.25) is 5.91 Å². The first-order chi connectivity index (χ1) is 10.9. The minimum absolute atomic E-state index is 0.0710. The van der Waals surface area contributed by atoms with Crippen molar-refractivity contribution < 1.29 is 19.4 Å². The molecular formula is C18H25NO4. The molecule has 5 nitrogen and oxygen atoms in total. The van der Waals surface area contributed by atoms with Crippen LogP contribution in [-0.4, -0.2) is 23.6 Å². The van der Waals surface area contributed by atoms with Gasteiger partial charge in [-0.25, -0.2) is 4.79 Å². The lowest BCUT2D eigenvalue weighted by molar-refractivity contribution is -0.139. The van der Waals surface area contributed by atoms with Crippen LogP contribution in [0, 0.1) is 12.3 Å². The van der Waals surface area contributed by atoms with Crippen LogP contribution in [0.2, 0.25) is 0 Å². The maximum atomic E-state index is 12.7. The highest BCUT2D eigenvalue weighted by Crippen LogP contribution is 2.36. The smallest absolute Gasteiger partial charge is 0.341 e. The third-order valence-corrected chi connectivity index (χ3v) is 4.56. The number of hydrogen-bond donors (Lipinski definition) is 2. The zero-order chi connectivity index (χ0) is 16.9. The van der Waals surface area contributed by atoms with E-state index in [2.05, 4.69) is 5.32 Å². The van der Waals surface area contributed by atoms with Crippen molar-refractivity contribution >= 4 is 17.6 Å². The second-order valence-corrected chi connectivity index (χ2v) is 6.59. The molecule has 0 aliphatic heterocycles. The van der Waals surface area contributed by atoms with Gasteiger partial charge < -0.3 is 15.2 Å². The minimum atomic E-state index is -1.01. The van der Waals surface area contributed by atoms with Crippen molar-refractivity contribution in [2.45, 2.75) is 52.4 Å². The Labute approximate surface area is 137 Å². The van der Waals surface area contributed by atoms with E-state index in [0.717, 1.165) is 36.9 Å². The van der Waals surface area contributed by atoms with Crippen molar-refractivity contribution in [1.82, 2.24) is 0 Å². The van der Waals surface area contributed by atoms with E-state index >= 15 is 0 Å². The minimum Gasteiger partial charge on any atom is -0.482 e. The quantitative estimate of drug-likeness (QED) is 0.810. The first-order valence-corrected chi connectivity index (χ1v) is 8.17. The molecule has 0 aromatic heterocycles. The highest BCUT2D eigenvalue weighted by Gasteiger charge is 2.33. The number of nitrogens with one attached hydrogen (secondary N) is 1. The fraction of sp³-hybridized carbons (Fsp3) is 0.556. The number of benzene rings is 1. The molecule has 2 rings (SSSR count). The molecule has 23 heavy (non-hydrogen) atoms. The summed E-state index contributed by atoms with van der Waals surface area (Å²) in [6.07, 6.45) is 6.47. The number of anilines is 1. The van der Waals surface area contributed by atoms with E-state index in [-0.39, 0.29) is 17.9 Å². The van der Waals surface area contributed by atoms with Crippen LogP contribution in [0.1, 0.15) is 51.0 Å². The summed E-state index contributed by atoms with van der Waals surface area (Å²) in [5.41, 5.74) is 1.31. The zero-order valence-electron chi connectivity index (χ0n) is 13.9. The van der Waals surface area contributed by atoms with Crippen molar-refractivity contribution in [3.63, 3.8) is 0 Å². The largest absolute Gasteiger partial charge is 0.482 e. The fourth-order valence-corrected chi connectivity index (χ4v) is 3.02. The summed E-state index contributed by atoms with van der Waals surface area (Å²) in [5.74, 6) is -0.452. The Balaban J connectivity index is 2.04. The molecule has 0 spiro atoms. The van der Waals surface area contributed by atoms with Crippen LogP contribution in [-0.2, 0) is 9.59 Å². The second-order valence-electron chi connectivity index (χ2n) is 6.59. The molecule has 0 atom stereocenters. The van der Waals surface area contributed by atoms with Crippen molar-refractivity contribution in [3.05, 3.63) is 23.8 Å². The molecule has 1 fully saturated rings. The van der Waals surface area contributed by atoms with Crippen molar-refractivity contribution in [3.8, 4) is 5.75 Å². The zero-order valence-corrected chi connectivity index (χ0v) is 13.9. The van der Waals surface area contributed by atoms with Crippen LogP contribution in [0.25, 0.3) is 0 Å². The Morgan fingerprint density at radius 3 is 2.43 bits per heavy atom. The van der Waals surface area contributed by atoms with E-state index in [0.29, 0.717) is 5.75 Å². The lowest BCUT2D eigenvalue weighted by Crippen LogP contribution is -2.33. The summed E-state index contributed by atoms with van der Waals surface area (Å²) >= 11 is 0. The number of carbonyl (C=O) groups excluding carboxylic acids is 1. The molecule has 0 unspecified atom stereocenters. The van der Waals surface area contributed by atoms with Crippen LogP contribution in [0.4, 0.5) is 5.69 Å². The van der Waals surface area contributed by atoms with Crippen molar-refractivity contribution in [2.75, 3.05) is 11.9 Å². The van der Waals surface area contributed by atoms with Gasteiger partial charge in [0.25, 0.3) is 0 Å². The van der Waals surface area contributed by atoms with Crippen molar-refractivity contribution in [2.24, 2.45) is 5.41 Å². The highest BCUT2D eigenvalue weighted by molar-refractivity contribution is 5.95. The number of aryl methyl sites for hydroxylation is 1. The number of carboxylic acid groups (broad SMARTS) is 1. The molecule has 2 N–H and O–H groups in total. The fourth-order valence-electron chi connectivity index (χ4n) is 3.02. The van der Waals surface area contributed by atoms with Gasteiger partial charge in [-0.05, 0) is 43.5 Å². The highest BCUT2D eigenvalue weighted by atomic mass is 16.5. The Bertz CT molecular complexity index is 574. The van der Waals surface area contributed by atoms with Gasteiger partial charge in [0.15, 0.2) is 6.61 Å². The third-order valence-electron chi connectivity index (χ3n) is 4.56. The predicted molar refractivity (Wildman–Crippen MR) is 88.7 cm³/mol. The van der Waals surface area contributed by atoms with E-state index in [1.54, 1.807) is 18.2 Å². The summed E-state index contributed by atoms with van der Waals surface area (Å²) in [4.78, 5) is 23.2. The Hall–Kier alpha value is -2.04. The molecule has 0 saturated heterocycles. The van der Waals surface area contributed by atoms with E-state index in [9.17, 15) is 9.59 Å². The number of carboxylic acids is 1.